The van der Waals surface area contributed by atoms with Gasteiger partial charge >= 0.3 is 0 Å². The molecule has 0 radical (unpaired) electrons. The second kappa shape index (κ2) is 10.1. The highest BCUT2D eigenvalue weighted by Crippen LogP contribution is 2.40. The van der Waals surface area contributed by atoms with Gasteiger partial charge in [0.25, 0.3) is 0 Å². The fraction of sp³-hybridized carbons (Fsp3) is 0.391. The number of nitrogens with zero attached hydrogens (tertiary/aromatic N) is 1. The predicted molar refractivity (Wildman–Crippen MR) is 122 cm³/mol. The topological polar surface area (TPSA) is 115 Å². The Bertz CT molecular complexity index is 1060. The van der Waals surface area contributed by atoms with Crippen LogP contribution in [0.5, 0.6) is 0 Å². The van der Waals surface area contributed by atoms with Crippen molar-refractivity contribution in [1.29, 1.82) is 0 Å². The molecule has 32 heavy (non-hydrogen) atoms. The number of benzene rings is 2. The summed E-state index contributed by atoms with van der Waals surface area (Å²) in [6, 6.07) is 13.5. The van der Waals surface area contributed by atoms with E-state index in [0.29, 0.717) is 10.5 Å². The molecule has 1 aromatic heterocycles. The predicted octanol–water partition coefficient (Wildman–Crippen LogP) is 2.34. The van der Waals surface area contributed by atoms with Gasteiger partial charge in [0, 0.05) is 33.0 Å². The molecule has 4 rings (SSSR count). The van der Waals surface area contributed by atoms with Crippen molar-refractivity contribution in [2.75, 3.05) is 13.2 Å². The lowest BCUT2D eigenvalue weighted by molar-refractivity contribution is -0.250. The van der Waals surface area contributed by atoms with Gasteiger partial charge in [-0.1, -0.05) is 41.6 Å². The number of aryl methyl sites for hydroxylation is 1. The van der Waals surface area contributed by atoms with E-state index < -0.39 is 37.3 Å². The van der Waals surface area contributed by atoms with Crippen LogP contribution in [-0.4, -0.2) is 67.7 Å². The number of fused-ring (bicyclic) bond motifs is 1. The Morgan fingerprint density at radius 2 is 1.72 bits per heavy atom. The quantitative estimate of drug-likeness (QED) is 0.353. The molecule has 0 bridgehead atoms. The van der Waals surface area contributed by atoms with Crippen molar-refractivity contribution >= 4 is 34.3 Å². The molecule has 1 aliphatic rings. The lowest BCUT2D eigenvalue weighted by Gasteiger charge is -2.40. The third kappa shape index (κ3) is 4.69. The second-order valence-corrected chi connectivity index (χ2v) is 9.41. The van der Waals surface area contributed by atoms with Gasteiger partial charge in [-0.3, -0.25) is 0 Å². The van der Waals surface area contributed by atoms with Gasteiger partial charge in [-0.2, -0.15) is 0 Å². The minimum absolute atomic E-state index is 0.163. The van der Waals surface area contributed by atoms with E-state index in [1.54, 1.807) is 16.7 Å². The van der Waals surface area contributed by atoms with Crippen LogP contribution in [0, 0.1) is 0 Å². The highest BCUT2D eigenvalue weighted by molar-refractivity contribution is 7.99. The van der Waals surface area contributed by atoms with Gasteiger partial charge in [-0.25, -0.2) is 0 Å². The van der Waals surface area contributed by atoms with Gasteiger partial charge in [0.05, 0.1) is 12.1 Å². The molecule has 7 nitrogen and oxygen atoms in total. The number of aliphatic hydroxyl groups is 5. The number of aliphatic hydroxyl groups excluding tert-OH is 5. The van der Waals surface area contributed by atoms with E-state index in [9.17, 15) is 20.4 Å². The number of halogens is 1. The summed E-state index contributed by atoms with van der Waals surface area (Å²) in [5.41, 5.74) is 1.85. The molecule has 5 atom stereocenters. The molecule has 1 aliphatic heterocycles. The standard InChI is InChI=1S/C23H26ClNO6S/c24-14-5-8-16-17(10-14)25(23-22(30)21(29)20(28)18(12-27)31-23)11-19(16)32-15-6-3-13(4-7-15)2-1-9-26/h3-8,10-11,18,20-23,26-30H,1-2,9,12H2/t18-,20-,21+,22-,23-/m1/s1. The number of hydrogen-bond acceptors (Lipinski definition) is 7. The summed E-state index contributed by atoms with van der Waals surface area (Å²) < 4.78 is 7.44. The molecule has 0 amide bonds. The van der Waals surface area contributed by atoms with E-state index in [0.717, 1.165) is 33.6 Å². The van der Waals surface area contributed by atoms with Gasteiger partial charge in [0.2, 0.25) is 0 Å². The van der Waals surface area contributed by atoms with Crippen LogP contribution in [0.1, 0.15) is 18.2 Å². The van der Waals surface area contributed by atoms with Crippen molar-refractivity contribution in [3.05, 3.63) is 59.2 Å². The normalized spacial score (nSPS) is 26.0. The molecule has 0 unspecified atom stereocenters. The molecule has 2 heterocycles. The third-order valence-electron chi connectivity index (χ3n) is 5.68. The van der Waals surface area contributed by atoms with E-state index in [4.69, 9.17) is 21.4 Å². The van der Waals surface area contributed by atoms with Crippen molar-refractivity contribution in [3.8, 4) is 0 Å². The maximum absolute atomic E-state index is 10.6. The maximum Gasteiger partial charge on any atom is 0.163 e. The highest BCUT2D eigenvalue weighted by Gasteiger charge is 2.44. The molecule has 5 N–H and O–H groups in total. The molecule has 9 heteroatoms. The summed E-state index contributed by atoms with van der Waals surface area (Å²) in [4.78, 5) is 1.91. The van der Waals surface area contributed by atoms with Crippen LogP contribution in [0.15, 0.2) is 58.5 Å². The molecular weight excluding hydrogens is 454 g/mol. The van der Waals surface area contributed by atoms with E-state index in [2.05, 4.69) is 0 Å². The van der Waals surface area contributed by atoms with Crippen molar-refractivity contribution in [1.82, 2.24) is 4.57 Å². The van der Waals surface area contributed by atoms with Gasteiger partial charge in [-0.05, 0) is 42.7 Å². The minimum atomic E-state index is -1.47. The fourth-order valence-electron chi connectivity index (χ4n) is 3.93. The molecule has 2 aromatic carbocycles. The number of rotatable bonds is 7. The van der Waals surface area contributed by atoms with Gasteiger partial charge in [0.1, 0.15) is 24.4 Å². The van der Waals surface area contributed by atoms with E-state index in [1.807, 2.05) is 36.5 Å². The van der Waals surface area contributed by atoms with Crippen LogP contribution >= 0.6 is 23.4 Å². The first-order valence-electron chi connectivity index (χ1n) is 10.4. The van der Waals surface area contributed by atoms with Crippen molar-refractivity contribution in [2.24, 2.45) is 0 Å². The molecule has 0 aliphatic carbocycles. The monoisotopic (exact) mass is 479 g/mol. The van der Waals surface area contributed by atoms with E-state index in [-0.39, 0.29) is 6.61 Å². The van der Waals surface area contributed by atoms with Crippen molar-refractivity contribution in [3.63, 3.8) is 0 Å². The Hall–Kier alpha value is -1.62. The van der Waals surface area contributed by atoms with Crippen LogP contribution in [-0.2, 0) is 11.2 Å². The Morgan fingerprint density at radius 3 is 2.41 bits per heavy atom. The summed E-state index contributed by atoms with van der Waals surface area (Å²) in [7, 11) is 0. The van der Waals surface area contributed by atoms with Crippen molar-refractivity contribution < 1.29 is 30.3 Å². The first kappa shape index (κ1) is 23.5. The molecule has 0 spiro atoms. The SMILES string of the molecule is OCCCc1ccc(Sc2cn([C@@H]3O[C@H](CO)[C@@H](O)[C@H](O)[C@H]3O)c3cc(Cl)ccc23)cc1. The first-order chi connectivity index (χ1) is 15.4. The Labute approximate surface area is 194 Å². The zero-order valence-corrected chi connectivity index (χ0v) is 18.8. The fourth-order valence-corrected chi connectivity index (χ4v) is 5.07. The van der Waals surface area contributed by atoms with Crippen LogP contribution in [0.25, 0.3) is 10.9 Å². The van der Waals surface area contributed by atoms with E-state index in [1.165, 1.54) is 11.8 Å². The maximum atomic E-state index is 10.6. The van der Waals surface area contributed by atoms with Crippen LogP contribution < -0.4 is 0 Å². The first-order valence-corrected chi connectivity index (χ1v) is 11.6. The van der Waals surface area contributed by atoms with Gasteiger partial charge in [-0.15, -0.1) is 0 Å². The Morgan fingerprint density at radius 1 is 0.969 bits per heavy atom. The molecule has 0 saturated carbocycles. The summed E-state index contributed by atoms with van der Waals surface area (Å²) >= 11 is 7.77. The lowest BCUT2D eigenvalue weighted by Crippen LogP contribution is -2.56. The average molecular weight is 480 g/mol. The van der Waals surface area contributed by atoms with Gasteiger partial charge in [0.15, 0.2) is 6.23 Å². The Balaban J connectivity index is 1.68. The summed E-state index contributed by atoms with van der Waals surface area (Å²) in [6.45, 7) is -0.331. The molecular formula is C23H26ClNO6S. The number of hydrogen-bond donors (Lipinski definition) is 5. The van der Waals surface area contributed by atoms with Crippen molar-refractivity contribution in [2.45, 2.75) is 53.3 Å². The highest BCUT2D eigenvalue weighted by atomic mass is 35.5. The number of aromatic nitrogens is 1. The van der Waals surface area contributed by atoms with Crippen LogP contribution in [0.3, 0.4) is 0 Å². The smallest absolute Gasteiger partial charge is 0.163 e. The second-order valence-electron chi connectivity index (χ2n) is 7.85. The largest absolute Gasteiger partial charge is 0.396 e. The third-order valence-corrected chi connectivity index (χ3v) is 6.96. The zero-order valence-electron chi connectivity index (χ0n) is 17.2. The van der Waals surface area contributed by atoms with Crippen LogP contribution in [0.2, 0.25) is 5.02 Å². The lowest BCUT2D eigenvalue weighted by atomic mass is 9.98. The average Bonchev–Trinajstić information content (AvgIpc) is 3.14. The molecule has 172 valence electrons. The molecule has 1 saturated heterocycles. The zero-order chi connectivity index (χ0) is 22.8. The molecule has 1 fully saturated rings. The van der Waals surface area contributed by atoms with E-state index >= 15 is 0 Å². The van der Waals surface area contributed by atoms with Crippen LogP contribution in [0.4, 0.5) is 0 Å². The summed E-state index contributed by atoms with van der Waals surface area (Å²) in [6.07, 6.45) is -2.95. The minimum Gasteiger partial charge on any atom is -0.396 e. The summed E-state index contributed by atoms with van der Waals surface area (Å²) in [5, 5.41) is 50.9. The molecule has 3 aromatic rings. The van der Waals surface area contributed by atoms with Gasteiger partial charge < -0.3 is 34.8 Å². The number of ether oxygens (including phenoxy) is 1. The Kier molecular flexibility index (Phi) is 7.44. The summed E-state index contributed by atoms with van der Waals surface area (Å²) in [5.74, 6) is 0.